The quantitative estimate of drug-likeness (QED) is 0.259. The summed E-state index contributed by atoms with van der Waals surface area (Å²) in [4.78, 5) is 14.3. The van der Waals surface area contributed by atoms with Gasteiger partial charge in [0, 0.05) is 79.1 Å². The number of benzene rings is 1. The van der Waals surface area contributed by atoms with E-state index in [0.717, 1.165) is 86.6 Å². The first-order valence-corrected chi connectivity index (χ1v) is 16.4. The Kier molecular flexibility index (Phi) is 8.63. The molecule has 42 heavy (non-hydrogen) atoms. The van der Waals surface area contributed by atoms with Crippen LogP contribution in [0, 0.1) is 18.3 Å². The number of rotatable bonds is 8. The molecule has 2 saturated heterocycles. The van der Waals surface area contributed by atoms with Crippen LogP contribution in [0.1, 0.15) is 34.5 Å². The minimum absolute atomic E-state index is 0.194. The topological polar surface area (TPSA) is 73.0 Å². The third-order valence-electron chi connectivity index (χ3n) is 8.40. The summed E-state index contributed by atoms with van der Waals surface area (Å²) in [6.45, 7) is 8.83. The van der Waals surface area contributed by atoms with E-state index >= 15 is 0 Å². The van der Waals surface area contributed by atoms with Gasteiger partial charge in [-0.3, -0.25) is 9.80 Å². The largest absolute Gasteiger partial charge is 0.393 e. The van der Waals surface area contributed by atoms with Crippen molar-refractivity contribution in [2.45, 2.75) is 51.5 Å². The fourth-order valence-corrected chi connectivity index (χ4v) is 8.07. The fraction of sp³-hybridized carbons (Fsp3) is 0.500. The number of nitriles is 1. The van der Waals surface area contributed by atoms with Gasteiger partial charge in [0.05, 0.1) is 11.8 Å². The number of nitrogens with one attached hydrogen (secondary N) is 1. The van der Waals surface area contributed by atoms with E-state index in [0.29, 0.717) is 16.0 Å². The molecule has 0 atom stereocenters. The number of piperidine rings is 1. The molecule has 0 radical (unpaired) electrons. The lowest BCUT2D eigenvalue weighted by Gasteiger charge is -2.33. The molecule has 0 spiro atoms. The first-order valence-electron chi connectivity index (χ1n) is 14.4. The Hall–Kier alpha value is -2.85. The van der Waals surface area contributed by atoms with Gasteiger partial charge < -0.3 is 9.88 Å². The number of nitrogens with zero attached hydrogens (tertiary/aromatic N) is 6. The molecule has 2 fully saturated rings. The molecule has 6 rings (SSSR count). The van der Waals surface area contributed by atoms with Crippen molar-refractivity contribution in [3.63, 3.8) is 0 Å². The minimum Gasteiger partial charge on any atom is -0.367 e. The fourth-order valence-electron chi connectivity index (χ4n) is 6.07. The maximum absolute atomic E-state index is 12.9. The van der Waals surface area contributed by atoms with E-state index in [1.54, 1.807) is 6.07 Å². The molecule has 2 aliphatic rings. The molecule has 0 unspecified atom stereocenters. The van der Waals surface area contributed by atoms with E-state index in [-0.39, 0.29) is 10.9 Å². The SMILES string of the molecule is Cc1c(CN2CCC(Nc3ncnc4sc(CC(F)(F)F)cc34)CC2)ccc2c1cc(C#N)n2CCN1CCSCC1. The van der Waals surface area contributed by atoms with E-state index in [1.807, 2.05) is 17.8 Å². The van der Waals surface area contributed by atoms with Crippen molar-refractivity contribution in [3.8, 4) is 6.07 Å². The standard InChI is InChI=1S/C30H34F3N7S2/c1-20-21(2-3-27-25(20)14-23(17-34)40(27)9-8-38-10-12-41-13-11-38)18-39-6-4-22(5-7-39)37-28-26-15-24(16-30(31,32)33)42-29(26)36-19-35-28/h2-3,14-15,19,22H,4-13,16,18H2,1H3,(H,35,36,37). The van der Waals surface area contributed by atoms with Crippen LogP contribution in [0.3, 0.4) is 0 Å². The van der Waals surface area contributed by atoms with Gasteiger partial charge >= 0.3 is 6.18 Å². The van der Waals surface area contributed by atoms with E-state index in [1.165, 1.54) is 29.0 Å². The summed E-state index contributed by atoms with van der Waals surface area (Å²) in [5.41, 5.74) is 4.35. The second-order valence-corrected chi connectivity index (χ2v) is 13.5. The minimum atomic E-state index is -4.24. The van der Waals surface area contributed by atoms with E-state index in [9.17, 15) is 18.4 Å². The molecule has 4 aromatic rings. The van der Waals surface area contributed by atoms with Gasteiger partial charge in [-0.2, -0.15) is 30.2 Å². The Morgan fingerprint density at radius 1 is 1.02 bits per heavy atom. The van der Waals surface area contributed by atoms with Crippen molar-refractivity contribution in [1.29, 1.82) is 5.26 Å². The van der Waals surface area contributed by atoms with Crippen LogP contribution in [-0.2, 0) is 19.5 Å². The number of halogens is 3. The highest BCUT2D eigenvalue weighted by Crippen LogP contribution is 2.33. The maximum Gasteiger partial charge on any atom is 0.393 e. The zero-order chi connectivity index (χ0) is 29.3. The number of hydrogen-bond acceptors (Lipinski definition) is 8. The molecular formula is C30H34F3N7S2. The lowest BCUT2D eigenvalue weighted by atomic mass is 10.0. The lowest BCUT2D eigenvalue weighted by Crippen LogP contribution is -2.39. The smallest absolute Gasteiger partial charge is 0.367 e. The molecule has 3 aromatic heterocycles. The second-order valence-electron chi connectivity index (χ2n) is 11.2. The Bertz CT molecular complexity index is 1590. The third kappa shape index (κ3) is 6.54. The molecule has 7 nitrogen and oxygen atoms in total. The van der Waals surface area contributed by atoms with Gasteiger partial charge in [-0.25, -0.2) is 9.97 Å². The van der Waals surface area contributed by atoms with Crippen molar-refractivity contribution in [2.75, 3.05) is 49.5 Å². The van der Waals surface area contributed by atoms with Crippen molar-refractivity contribution >= 4 is 50.0 Å². The van der Waals surface area contributed by atoms with Gasteiger partial charge in [0.15, 0.2) is 0 Å². The third-order valence-corrected chi connectivity index (χ3v) is 10.4. The van der Waals surface area contributed by atoms with Crippen LogP contribution < -0.4 is 5.32 Å². The number of fused-ring (bicyclic) bond motifs is 2. The van der Waals surface area contributed by atoms with Crippen LogP contribution in [0.4, 0.5) is 19.0 Å². The molecule has 0 amide bonds. The number of hydrogen-bond donors (Lipinski definition) is 1. The molecule has 12 heteroatoms. The number of thiophene rings is 1. The van der Waals surface area contributed by atoms with Crippen LogP contribution in [0.15, 0.2) is 30.6 Å². The Balaban J connectivity index is 1.09. The number of likely N-dealkylation sites (tertiary alicyclic amines) is 1. The van der Waals surface area contributed by atoms with Gasteiger partial charge in [-0.05, 0) is 49.1 Å². The Morgan fingerprint density at radius 3 is 2.55 bits per heavy atom. The molecule has 1 N–H and O–H groups in total. The Morgan fingerprint density at radius 2 is 1.81 bits per heavy atom. The zero-order valence-corrected chi connectivity index (χ0v) is 25.2. The number of aromatic nitrogens is 3. The van der Waals surface area contributed by atoms with Crippen LogP contribution in [0.5, 0.6) is 0 Å². The number of aryl methyl sites for hydroxylation is 1. The molecule has 0 saturated carbocycles. The summed E-state index contributed by atoms with van der Waals surface area (Å²) in [5, 5.41) is 15.2. The van der Waals surface area contributed by atoms with Crippen LogP contribution in [0.25, 0.3) is 21.1 Å². The van der Waals surface area contributed by atoms with E-state index in [2.05, 4.69) is 54.8 Å². The highest BCUT2D eigenvalue weighted by atomic mass is 32.2. The molecule has 222 valence electrons. The average Bonchev–Trinajstić information content (AvgIpc) is 3.55. The molecule has 0 aliphatic carbocycles. The van der Waals surface area contributed by atoms with Gasteiger partial charge in [0.2, 0.25) is 0 Å². The summed E-state index contributed by atoms with van der Waals surface area (Å²) in [7, 11) is 0. The van der Waals surface area contributed by atoms with Crippen LogP contribution in [-0.4, -0.2) is 80.8 Å². The predicted octanol–water partition coefficient (Wildman–Crippen LogP) is 6.06. The van der Waals surface area contributed by atoms with Crippen LogP contribution >= 0.6 is 23.1 Å². The Labute approximate surface area is 251 Å². The summed E-state index contributed by atoms with van der Waals surface area (Å²) in [6, 6.07) is 10.6. The maximum atomic E-state index is 12.9. The lowest BCUT2D eigenvalue weighted by molar-refractivity contribution is -0.126. The van der Waals surface area contributed by atoms with Crippen molar-refractivity contribution < 1.29 is 13.2 Å². The van der Waals surface area contributed by atoms with Gasteiger partial charge in [-0.15, -0.1) is 11.3 Å². The predicted molar refractivity (Wildman–Crippen MR) is 164 cm³/mol. The van der Waals surface area contributed by atoms with E-state index in [4.69, 9.17) is 0 Å². The monoisotopic (exact) mass is 613 g/mol. The summed E-state index contributed by atoms with van der Waals surface area (Å²) < 4.78 is 40.9. The molecular weight excluding hydrogens is 580 g/mol. The summed E-state index contributed by atoms with van der Waals surface area (Å²) in [5.74, 6) is 2.97. The summed E-state index contributed by atoms with van der Waals surface area (Å²) >= 11 is 3.08. The first kappa shape index (κ1) is 29.2. The average molecular weight is 614 g/mol. The first-order chi connectivity index (χ1) is 20.3. The number of anilines is 1. The molecule has 5 heterocycles. The normalized spacial score (nSPS) is 17.7. The second kappa shape index (κ2) is 12.4. The van der Waals surface area contributed by atoms with Crippen molar-refractivity contribution in [2.24, 2.45) is 0 Å². The van der Waals surface area contributed by atoms with E-state index < -0.39 is 12.6 Å². The molecule has 2 aliphatic heterocycles. The highest BCUT2D eigenvalue weighted by molar-refractivity contribution is 7.99. The van der Waals surface area contributed by atoms with Crippen molar-refractivity contribution in [3.05, 3.63) is 52.3 Å². The van der Waals surface area contributed by atoms with Crippen LogP contribution in [0.2, 0.25) is 0 Å². The van der Waals surface area contributed by atoms with Gasteiger partial charge in [-0.1, -0.05) is 6.07 Å². The zero-order valence-electron chi connectivity index (χ0n) is 23.6. The molecule has 1 aromatic carbocycles. The number of alkyl halides is 3. The number of thioether (sulfide) groups is 1. The van der Waals surface area contributed by atoms with Crippen molar-refractivity contribution in [1.82, 2.24) is 24.3 Å². The van der Waals surface area contributed by atoms with Gasteiger partial charge in [0.25, 0.3) is 0 Å². The van der Waals surface area contributed by atoms with Gasteiger partial charge in [0.1, 0.15) is 28.7 Å². The highest BCUT2D eigenvalue weighted by Gasteiger charge is 2.29. The molecule has 0 bridgehead atoms. The summed E-state index contributed by atoms with van der Waals surface area (Å²) in [6.07, 6.45) is -1.94.